The molecule has 0 spiro atoms. The van der Waals surface area contributed by atoms with Gasteiger partial charge in [0.15, 0.2) is 16.6 Å². The van der Waals surface area contributed by atoms with Crippen LogP contribution >= 0.6 is 10.7 Å². The fourth-order valence-corrected chi connectivity index (χ4v) is 12.0. The molecular formula is C51H83ClN4O11S4Si2. The van der Waals surface area contributed by atoms with Crippen LogP contribution in [-0.4, -0.2) is 103 Å². The first-order valence-corrected chi connectivity index (χ1v) is 37.0. The molecule has 1 heterocycles. The Labute approximate surface area is 446 Å². The smallest absolute Gasteiger partial charge is 0.240 e. The number of benzene rings is 4. The predicted octanol–water partition coefficient (Wildman–Crippen LogP) is 9.51. The zero-order valence-corrected chi connectivity index (χ0v) is 50.7. The number of halogens is 1. The molecule has 0 aliphatic carbocycles. The highest BCUT2D eigenvalue weighted by Crippen LogP contribution is 2.37. The molecule has 1 fully saturated rings. The molecule has 5 rings (SSSR count). The van der Waals surface area contributed by atoms with Crippen LogP contribution in [-0.2, 0) is 64.2 Å². The Bertz CT molecular complexity index is 2640. The molecule has 0 amide bonds. The highest BCUT2D eigenvalue weighted by atomic mass is 35.7. The second-order valence-electron chi connectivity index (χ2n) is 19.9. The van der Waals surface area contributed by atoms with Crippen molar-refractivity contribution in [1.82, 2.24) is 14.2 Å². The zero-order valence-electron chi connectivity index (χ0n) is 44.7. The zero-order chi connectivity index (χ0) is 55.6. The summed E-state index contributed by atoms with van der Waals surface area (Å²) in [6.45, 7) is 30.5. The molecule has 1 saturated heterocycles. The Hall–Kier alpha value is -3.14. The average Bonchev–Trinajstić information content (AvgIpc) is 3.49. The van der Waals surface area contributed by atoms with E-state index >= 15 is 0 Å². The van der Waals surface area contributed by atoms with Crippen LogP contribution in [0.4, 0.5) is 0 Å². The maximum Gasteiger partial charge on any atom is 0.240 e. The van der Waals surface area contributed by atoms with Gasteiger partial charge in [0.2, 0.25) is 39.1 Å². The van der Waals surface area contributed by atoms with Crippen LogP contribution < -0.4 is 19.9 Å². The van der Waals surface area contributed by atoms with Crippen LogP contribution in [0.15, 0.2) is 128 Å². The summed E-state index contributed by atoms with van der Waals surface area (Å²) in [5, 5.41) is -0.351. The molecule has 4 aromatic rings. The Morgan fingerprint density at radius 2 is 1.11 bits per heavy atom. The van der Waals surface area contributed by atoms with Gasteiger partial charge in [-0.2, -0.15) is 0 Å². The van der Waals surface area contributed by atoms with Crippen LogP contribution in [0.3, 0.4) is 0 Å². The van der Waals surface area contributed by atoms with E-state index < -0.39 is 61.0 Å². The standard InChI is InChI=1S/C16H27NO3SSi.C15H27NO3SSi.C10H13NO3S.C7H7ClO2S.C3H9N/c1-14(15-10-8-7-9-11-15)21(18,19)17-12-13-20-22(5,6)16(2,3)4;1-15(2,3)21(4,5)19-12-11-16-20(17,18)13-14-9-7-6-8-10-14;12-15(13)10(8-14-7-6-11-15)9-4-2-1-3-5-9;8-11(9,10)6-7-4-2-1-3-5-7;1-2-3-4/h7-11,17H,1,12-13H2,2-6H3;6-10,16H,11-13H2,1-5H3;1-5,10-11H,6-8H2;1-5H,6H2;2-4H2,1H3. The van der Waals surface area contributed by atoms with E-state index in [2.05, 4.69) is 95.4 Å². The van der Waals surface area contributed by atoms with Crippen molar-refractivity contribution in [3.8, 4) is 0 Å². The molecule has 1 aliphatic heterocycles. The summed E-state index contributed by atoms with van der Waals surface area (Å²) < 4.78 is 118. The van der Waals surface area contributed by atoms with Crippen LogP contribution in [0.5, 0.6) is 0 Å². The van der Waals surface area contributed by atoms with Gasteiger partial charge in [0.1, 0.15) is 5.25 Å². The first-order valence-electron chi connectivity index (χ1n) is 24.0. The van der Waals surface area contributed by atoms with Gasteiger partial charge in [0.25, 0.3) is 0 Å². The maximum atomic E-state index is 12.2. The molecule has 0 bridgehead atoms. The van der Waals surface area contributed by atoms with Gasteiger partial charge in [0, 0.05) is 43.5 Å². The number of nitrogens with two attached hydrogens (primary N) is 1. The highest BCUT2D eigenvalue weighted by molar-refractivity contribution is 8.13. The molecule has 0 saturated carbocycles. The third-order valence-corrected chi connectivity index (χ3v) is 26.5. The summed E-state index contributed by atoms with van der Waals surface area (Å²) in [7, 11) is -12.2. The number of hydrogen-bond donors (Lipinski definition) is 4. The lowest BCUT2D eigenvalue weighted by atomic mass is 10.1. The Balaban J connectivity index is 0.000000486. The normalized spacial score (nSPS) is 15.2. The molecule has 22 heteroatoms. The summed E-state index contributed by atoms with van der Waals surface area (Å²) in [6.07, 6.45) is 1.10. The molecule has 1 atom stereocenters. The summed E-state index contributed by atoms with van der Waals surface area (Å²) in [5.41, 5.74) is 7.89. The number of hydrogen-bond acceptors (Lipinski definition) is 12. The van der Waals surface area contributed by atoms with Gasteiger partial charge in [-0.15, -0.1) is 0 Å². The van der Waals surface area contributed by atoms with E-state index in [4.69, 9.17) is 30.0 Å². The van der Waals surface area contributed by atoms with Crippen molar-refractivity contribution in [2.75, 3.05) is 52.6 Å². The molecule has 412 valence electrons. The molecule has 0 radical (unpaired) electrons. The molecule has 1 aliphatic rings. The van der Waals surface area contributed by atoms with E-state index in [9.17, 15) is 33.7 Å². The molecule has 73 heavy (non-hydrogen) atoms. The van der Waals surface area contributed by atoms with Crippen LogP contribution in [0.2, 0.25) is 36.3 Å². The van der Waals surface area contributed by atoms with Gasteiger partial charge in [-0.1, -0.05) is 176 Å². The van der Waals surface area contributed by atoms with E-state index in [0.717, 1.165) is 24.1 Å². The van der Waals surface area contributed by atoms with Crippen LogP contribution in [0, 0.1) is 0 Å². The van der Waals surface area contributed by atoms with Gasteiger partial charge in [-0.3, -0.25) is 0 Å². The summed E-state index contributed by atoms with van der Waals surface area (Å²) >= 11 is 0. The van der Waals surface area contributed by atoms with Crippen molar-refractivity contribution in [3.05, 3.63) is 150 Å². The second kappa shape index (κ2) is 31.8. The average molecular weight is 1150 g/mol. The minimum atomic E-state index is -3.58. The fourth-order valence-electron chi connectivity index (χ4n) is 5.48. The molecular weight excluding hydrogens is 1060 g/mol. The number of nitrogens with one attached hydrogen (secondary N) is 3. The minimum Gasteiger partial charge on any atom is -0.415 e. The highest BCUT2D eigenvalue weighted by Gasteiger charge is 2.38. The lowest BCUT2D eigenvalue weighted by Gasteiger charge is -2.36. The van der Waals surface area contributed by atoms with Crippen LogP contribution in [0.25, 0.3) is 4.91 Å². The Kier molecular flexibility index (Phi) is 29.6. The third-order valence-electron chi connectivity index (χ3n) is 11.8. The quantitative estimate of drug-likeness (QED) is 0.0415. The van der Waals surface area contributed by atoms with Crippen molar-refractivity contribution in [2.45, 2.75) is 108 Å². The molecule has 0 aromatic heterocycles. The van der Waals surface area contributed by atoms with Gasteiger partial charge in [-0.25, -0.2) is 47.8 Å². The monoisotopic (exact) mass is 1150 g/mol. The first-order chi connectivity index (χ1) is 33.7. The second-order valence-corrected chi connectivity index (χ2v) is 37.9. The van der Waals surface area contributed by atoms with Crippen LogP contribution in [0.1, 0.15) is 82.4 Å². The van der Waals surface area contributed by atoms with Crippen molar-refractivity contribution in [1.29, 1.82) is 0 Å². The van der Waals surface area contributed by atoms with E-state index in [-0.39, 0.29) is 39.6 Å². The van der Waals surface area contributed by atoms with Crippen molar-refractivity contribution in [2.24, 2.45) is 5.73 Å². The fraction of sp³-hybridized carbons (Fsp3) is 0.490. The minimum absolute atomic E-state index is 0.00787. The van der Waals surface area contributed by atoms with Crippen molar-refractivity contribution in [3.63, 3.8) is 0 Å². The first kappa shape index (κ1) is 67.9. The number of sulfonamides is 3. The summed E-state index contributed by atoms with van der Waals surface area (Å²) in [6, 6.07) is 36.0. The van der Waals surface area contributed by atoms with Crippen molar-refractivity contribution < 1.29 is 47.3 Å². The summed E-state index contributed by atoms with van der Waals surface area (Å²) in [4.78, 5) is 0.0837. The van der Waals surface area contributed by atoms with E-state index in [1.54, 1.807) is 60.7 Å². The van der Waals surface area contributed by atoms with E-state index in [0.29, 0.717) is 44.0 Å². The molecule has 5 N–H and O–H groups in total. The number of ether oxygens (including phenoxy) is 1. The Morgan fingerprint density at radius 1 is 0.712 bits per heavy atom. The lowest BCUT2D eigenvalue weighted by Crippen LogP contribution is -2.42. The Morgan fingerprint density at radius 3 is 1.52 bits per heavy atom. The van der Waals surface area contributed by atoms with Gasteiger partial charge in [-0.05, 0) is 71.5 Å². The maximum absolute atomic E-state index is 12.2. The summed E-state index contributed by atoms with van der Waals surface area (Å²) in [5.74, 6) is -0.0939. The van der Waals surface area contributed by atoms with Gasteiger partial charge < -0.3 is 19.3 Å². The van der Waals surface area contributed by atoms with E-state index in [1.807, 2.05) is 60.7 Å². The predicted molar refractivity (Wildman–Crippen MR) is 307 cm³/mol. The number of rotatable bonds is 18. The topological polar surface area (TPSA) is 226 Å². The SMILES string of the molecule is C=C(c1ccccc1)S(=O)(=O)NCCO[Si](C)(C)C(C)(C)C.CC(C)(C)[Si](C)(C)OCCNS(=O)(=O)Cc1ccccc1.CCCN.O=S(=O)(Cl)Cc1ccccc1.O=S1(=O)NCCOCC1c1ccccc1. The van der Waals surface area contributed by atoms with Gasteiger partial charge >= 0.3 is 0 Å². The molecule has 4 aromatic carbocycles. The van der Waals surface area contributed by atoms with Gasteiger partial charge in [0.05, 0.1) is 29.6 Å². The largest absolute Gasteiger partial charge is 0.415 e. The van der Waals surface area contributed by atoms with Crippen molar-refractivity contribution >= 4 is 71.3 Å². The molecule has 1 unspecified atom stereocenters. The third kappa shape index (κ3) is 28.0. The molecule has 15 nitrogen and oxygen atoms in total. The lowest BCUT2D eigenvalue weighted by molar-refractivity contribution is 0.145. The van der Waals surface area contributed by atoms with E-state index in [1.165, 1.54) is 0 Å².